The Bertz CT molecular complexity index is 715. The molecular formula is C13H14BrN3O2S. The van der Waals surface area contributed by atoms with E-state index in [1.165, 1.54) is 12.1 Å². The van der Waals surface area contributed by atoms with Gasteiger partial charge >= 0.3 is 0 Å². The van der Waals surface area contributed by atoms with Gasteiger partial charge < -0.3 is 5.43 Å². The summed E-state index contributed by atoms with van der Waals surface area (Å²) in [6.07, 6.45) is 0. The van der Waals surface area contributed by atoms with Crippen molar-refractivity contribution in [3.05, 3.63) is 52.5 Å². The van der Waals surface area contributed by atoms with E-state index < -0.39 is 10.0 Å². The third kappa shape index (κ3) is 3.12. The number of hydrazine groups is 1. The highest BCUT2D eigenvalue weighted by atomic mass is 79.9. The smallest absolute Gasteiger partial charge is 0.261 e. The molecule has 0 fully saturated rings. The minimum Gasteiger partial charge on any atom is -0.324 e. The summed E-state index contributed by atoms with van der Waals surface area (Å²) in [5.74, 6) is 5.25. The molecule has 20 heavy (non-hydrogen) atoms. The molecule has 5 nitrogen and oxygen atoms in total. The number of nitrogen functional groups attached to an aromatic ring is 1. The maximum atomic E-state index is 12.3. The van der Waals surface area contributed by atoms with Gasteiger partial charge in [0.05, 0.1) is 10.6 Å². The average Bonchev–Trinajstić information content (AvgIpc) is 2.44. The molecule has 0 radical (unpaired) electrons. The van der Waals surface area contributed by atoms with Crippen LogP contribution in [0.2, 0.25) is 0 Å². The molecule has 2 aromatic carbocycles. The number of anilines is 2. The van der Waals surface area contributed by atoms with Crippen LogP contribution in [0.4, 0.5) is 11.4 Å². The fraction of sp³-hybridized carbons (Fsp3) is 0.0769. The van der Waals surface area contributed by atoms with Crippen LogP contribution < -0.4 is 16.0 Å². The van der Waals surface area contributed by atoms with Gasteiger partial charge in [-0.15, -0.1) is 0 Å². The molecule has 0 amide bonds. The van der Waals surface area contributed by atoms with Crippen molar-refractivity contribution < 1.29 is 8.42 Å². The standard InChI is InChI=1S/C13H14BrN3O2S/c1-9-12(14)3-2-4-13(9)17-20(18,19)11-7-5-10(16-15)6-8-11/h2-8,16-17H,15H2,1H3. The molecule has 0 saturated heterocycles. The fourth-order valence-electron chi connectivity index (χ4n) is 1.65. The van der Waals surface area contributed by atoms with Crippen molar-refractivity contribution in [3.8, 4) is 0 Å². The lowest BCUT2D eigenvalue weighted by molar-refractivity contribution is 0.601. The van der Waals surface area contributed by atoms with Crippen LogP contribution in [-0.2, 0) is 10.0 Å². The molecule has 0 atom stereocenters. The van der Waals surface area contributed by atoms with Gasteiger partial charge in [-0.05, 0) is 48.9 Å². The van der Waals surface area contributed by atoms with Crippen LogP contribution in [0.5, 0.6) is 0 Å². The van der Waals surface area contributed by atoms with E-state index in [4.69, 9.17) is 5.84 Å². The Morgan fingerprint density at radius 2 is 1.75 bits per heavy atom. The molecule has 2 rings (SSSR count). The molecular weight excluding hydrogens is 342 g/mol. The lowest BCUT2D eigenvalue weighted by Crippen LogP contribution is -2.14. The van der Waals surface area contributed by atoms with Gasteiger partial charge in [-0.1, -0.05) is 22.0 Å². The summed E-state index contributed by atoms with van der Waals surface area (Å²) in [6, 6.07) is 11.5. The molecule has 0 bridgehead atoms. The highest BCUT2D eigenvalue weighted by Crippen LogP contribution is 2.26. The third-order valence-electron chi connectivity index (χ3n) is 2.84. The first-order valence-electron chi connectivity index (χ1n) is 5.78. The summed E-state index contributed by atoms with van der Waals surface area (Å²) >= 11 is 3.37. The number of rotatable bonds is 4. The van der Waals surface area contributed by atoms with Gasteiger partial charge in [-0.2, -0.15) is 0 Å². The normalized spacial score (nSPS) is 11.2. The van der Waals surface area contributed by atoms with Gasteiger partial charge in [0.1, 0.15) is 0 Å². The maximum Gasteiger partial charge on any atom is 0.261 e. The van der Waals surface area contributed by atoms with Crippen LogP contribution in [0.25, 0.3) is 0 Å². The highest BCUT2D eigenvalue weighted by Gasteiger charge is 2.15. The zero-order chi connectivity index (χ0) is 14.8. The van der Waals surface area contributed by atoms with Crippen molar-refractivity contribution in [2.24, 2.45) is 5.84 Å². The minimum absolute atomic E-state index is 0.177. The SMILES string of the molecule is Cc1c(Br)cccc1NS(=O)(=O)c1ccc(NN)cc1. The van der Waals surface area contributed by atoms with E-state index >= 15 is 0 Å². The minimum atomic E-state index is -3.62. The zero-order valence-corrected chi connectivity index (χ0v) is 13.1. The predicted molar refractivity (Wildman–Crippen MR) is 83.9 cm³/mol. The van der Waals surface area contributed by atoms with Crippen molar-refractivity contribution >= 4 is 37.3 Å². The molecule has 0 aromatic heterocycles. The fourth-order valence-corrected chi connectivity index (χ4v) is 3.14. The van der Waals surface area contributed by atoms with Crippen molar-refractivity contribution in [1.29, 1.82) is 0 Å². The van der Waals surface area contributed by atoms with Gasteiger partial charge in [0, 0.05) is 10.2 Å². The Morgan fingerprint density at radius 3 is 2.35 bits per heavy atom. The molecule has 0 saturated carbocycles. The van der Waals surface area contributed by atoms with Crippen molar-refractivity contribution in [2.75, 3.05) is 10.1 Å². The summed E-state index contributed by atoms with van der Waals surface area (Å²) in [6.45, 7) is 1.84. The molecule has 106 valence electrons. The molecule has 2 aromatic rings. The lowest BCUT2D eigenvalue weighted by atomic mass is 10.2. The lowest BCUT2D eigenvalue weighted by Gasteiger charge is -2.12. The number of nitrogens with one attached hydrogen (secondary N) is 2. The van der Waals surface area contributed by atoms with Crippen LogP contribution >= 0.6 is 15.9 Å². The summed E-state index contributed by atoms with van der Waals surface area (Å²) in [5.41, 5.74) is 4.46. The summed E-state index contributed by atoms with van der Waals surface area (Å²) in [5, 5.41) is 0. The summed E-state index contributed by atoms with van der Waals surface area (Å²) in [7, 11) is -3.62. The number of benzene rings is 2. The van der Waals surface area contributed by atoms with Gasteiger partial charge in [0.15, 0.2) is 0 Å². The largest absolute Gasteiger partial charge is 0.324 e. The Balaban J connectivity index is 2.33. The van der Waals surface area contributed by atoms with Crippen molar-refractivity contribution in [1.82, 2.24) is 0 Å². The molecule has 0 aliphatic heterocycles. The Morgan fingerprint density at radius 1 is 1.10 bits per heavy atom. The Hall–Kier alpha value is -1.57. The first-order chi connectivity index (χ1) is 9.44. The van der Waals surface area contributed by atoms with E-state index in [0.29, 0.717) is 11.4 Å². The number of hydrogen-bond donors (Lipinski definition) is 3. The van der Waals surface area contributed by atoms with E-state index in [-0.39, 0.29) is 4.90 Å². The van der Waals surface area contributed by atoms with E-state index in [9.17, 15) is 8.42 Å². The molecule has 0 unspecified atom stereocenters. The van der Waals surface area contributed by atoms with E-state index in [1.807, 2.05) is 13.0 Å². The highest BCUT2D eigenvalue weighted by molar-refractivity contribution is 9.10. The molecule has 0 spiro atoms. The van der Waals surface area contributed by atoms with Crippen LogP contribution in [0, 0.1) is 6.92 Å². The quantitative estimate of drug-likeness (QED) is 0.581. The van der Waals surface area contributed by atoms with Crippen LogP contribution in [0.3, 0.4) is 0 Å². The van der Waals surface area contributed by atoms with Gasteiger partial charge in [-0.3, -0.25) is 10.6 Å². The van der Waals surface area contributed by atoms with Crippen LogP contribution in [-0.4, -0.2) is 8.42 Å². The van der Waals surface area contributed by atoms with E-state index in [0.717, 1.165) is 10.0 Å². The van der Waals surface area contributed by atoms with E-state index in [2.05, 4.69) is 26.1 Å². The number of hydrogen-bond acceptors (Lipinski definition) is 4. The maximum absolute atomic E-state index is 12.3. The van der Waals surface area contributed by atoms with Crippen molar-refractivity contribution in [2.45, 2.75) is 11.8 Å². The molecule has 0 aliphatic rings. The summed E-state index contributed by atoms with van der Waals surface area (Å²) in [4.78, 5) is 0.177. The number of sulfonamides is 1. The predicted octanol–water partition coefficient (Wildman–Crippen LogP) is 2.84. The first kappa shape index (κ1) is 14.8. The van der Waals surface area contributed by atoms with Crippen LogP contribution in [0.1, 0.15) is 5.56 Å². The molecule has 0 aliphatic carbocycles. The summed E-state index contributed by atoms with van der Waals surface area (Å²) < 4.78 is 28.0. The molecule has 0 heterocycles. The Labute approximate surface area is 126 Å². The second-order valence-electron chi connectivity index (χ2n) is 4.19. The number of halogens is 1. The second-order valence-corrected chi connectivity index (χ2v) is 6.72. The van der Waals surface area contributed by atoms with Gasteiger partial charge in [0.25, 0.3) is 10.0 Å². The monoisotopic (exact) mass is 355 g/mol. The first-order valence-corrected chi connectivity index (χ1v) is 8.06. The molecule has 4 N–H and O–H groups in total. The molecule has 7 heteroatoms. The average molecular weight is 356 g/mol. The van der Waals surface area contributed by atoms with E-state index in [1.54, 1.807) is 24.3 Å². The van der Waals surface area contributed by atoms with Gasteiger partial charge in [-0.25, -0.2) is 8.42 Å². The zero-order valence-electron chi connectivity index (χ0n) is 10.7. The van der Waals surface area contributed by atoms with Gasteiger partial charge in [0.2, 0.25) is 0 Å². The Kier molecular flexibility index (Phi) is 4.32. The van der Waals surface area contributed by atoms with Crippen molar-refractivity contribution in [3.63, 3.8) is 0 Å². The second kappa shape index (κ2) is 5.82. The topological polar surface area (TPSA) is 84.2 Å². The third-order valence-corrected chi connectivity index (χ3v) is 5.08. The number of nitrogens with two attached hydrogens (primary N) is 1. The van der Waals surface area contributed by atoms with Crippen LogP contribution in [0.15, 0.2) is 51.8 Å².